The minimum absolute atomic E-state index is 0. The van der Waals surface area contributed by atoms with Gasteiger partial charge in [-0.2, -0.15) is 0 Å². The zero-order chi connectivity index (χ0) is 18.8. The number of halogens is 1. The first-order valence-electron chi connectivity index (χ1n) is 9.39. The molecule has 154 valence electrons. The summed E-state index contributed by atoms with van der Waals surface area (Å²) in [6.07, 6.45) is 2.67. The van der Waals surface area contributed by atoms with Crippen LogP contribution < -0.4 is 10.1 Å². The Balaban J connectivity index is 0.00000364. The first-order chi connectivity index (χ1) is 12.6. The van der Waals surface area contributed by atoms with Crippen molar-refractivity contribution in [3.8, 4) is 5.75 Å². The highest BCUT2D eigenvalue weighted by atomic mass is 127. The highest BCUT2D eigenvalue weighted by Gasteiger charge is 2.21. The number of rotatable bonds is 11. The first kappa shape index (κ1) is 24.4. The Morgan fingerprint density at radius 1 is 1.37 bits per heavy atom. The molecule has 1 aliphatic carbocycles. The summed E-state index contributed by atoms with van der Waals surface area (Å²) in [6.45, 7) is 5.67. The van der Waals surface area contributed by atoms with E-state index in [1.54, 1.807) is 7.11 Å². The number of guanidine groups is 1. The molecule has 0 radical (unpaired) electrons. The van der Waals surface area contributed by atoms with Gasteiger partial charge >= 0.3 is 0 Å². The molecule has 1 N–H and O–H groups in total. The standard InChI is InChI=1S/C20H33N3O2S.HI/c1-16(15-26-19-8-6-5-7-18(19)24-4)13-22-20(21-2)23(3)11-12-25-14-17-9-10-17;/h5-8,16-17H,9-15H2,1-4H3,(H,21,22);1H. The van der Waals surface area contributed by atoms with Gasteiger partial charge in [-0.05, 0) is 36.8 Å². The SMILES string of the molecule is CN=C(NCC(C)CSc1ccccc1OC)N(C)CCOCC1CC1.I. The van der Waals surface area contributed by atoms with Gasteiger partial charge < -0.3 is 19.7 Å². The molecule has 0 saturated heterocycles. The normalized spacial score (nSPS) is 15.0. The maximum atomic E-state index is 5.72. The molecule has 0 aliphatic heterocycles. The molecule has 5 nitrogen and oxygen atoms in total. The third kappa shape index (κ3) is 9.38. The van der Waals surface area contributed by atoms with E-state index in [0.29, 0.717) is 5.92 Å². The fraction of sp³-hybridized carbons (Fsp3) is 0.650. The zero-order valence-electron chi connectivity index (χ0n) is 16.9. The topological polar surface area (TPSA) is 46.1 Å². The molecule has 0 aromatic heterocycles. The zero-order valence-corrected chi connectivity index (χ0v) is 20.1. The van der Waals surface area contributed by atoms with Crippen molar-refractivity contribution in [1.82, 2.24) is 10.2 Å². The summed E-state index contributed by atoms with van der Waals surface area (Å²) in [7, 11) is 5.61. The van der Waals surface area contributed by atoms with E-state index in [9.17, 15) is 0 Å². The van der Waals surface area contributed by atoms with Gasteiger partial charge in [0, 0.05) is 44.4 Å². The second-order valence-electron chi connectivity index (χ2n) is 6.93. The number of thioether (sulfide) groups is 1. The highest BCUT2D eigenvalue weighted by Crippen LogP contribution is 2.30. The third-order valence-corrected chi connectivity index (χ3v) is 5.78. The number of hydrogen-bond acceptors (Lipinski definition) is 4. The van der Waals surface area contributed by atoms with Crippen LogP contribution in [0.2, 0.25) is 0 Å². The lowest BCUT2D eigenvalue weighted by Crippen LogP contribution is -2.42. The number of likely N-dealkylation sites (N-methyl/N-ethyl adjacent to an activating group) is 1. The molecular weight excluding hydrogens is 473 g/mol. The van der Waals surface area contributed by atoms with Crippen LogP contribution in [-0.2, 0) is 4.74 Å². The van der Waals surface area contributed by atoms with Crippen LogP contribution >= 0.6 is 35.7 Å². The van der Waals surface area contributed by atoms with E-state index in [1.807, 2.05) is 30.9 Å². The summed E-state index contributed by atoms with van der Waals surface area (Å²) in [5.41, 5.74) is 0. The maximum Gasteiger partial charge on any atom is 0.193 e. The quantitative estimate of drug-likeness (QED) is 0.162. The predicted molar refractivity (Wildman–Crippen MR) is 126 cm³/mol. The van der Waals surface area contributed by atoms with E-state index in [1.165, 1.54) is 17.7 Å². The largest absolute Gasteiger partial charge is 0.496 e. The van der Waals surface area contributed by atoms with Crippen molar-refractivity contribution >= 4 is 41.7 Å². The van der Waals surface area contributed by atoms with Crippen molar-refractivity contribution in [2.24, 2.45) is 16.8 Å². The van der Waals surface area contributed by atoms with Gasteiger partial charge in [-0.15, -0.1) is 35.7 Å². The number of benzene rings is 1. The molecule has 1 aliphatic rings. The van der Waals surface area contributed by atoms with Crippen molar-refractivity contribution in [1.29, 1.82) is 0 Å². The predicted octanol–water partition coefficient (Wildman–Crippen LogP) is 3.98. The van der Waals surface area contributed by atoms with Crippen LogP contribution in [0.4, 0.5) is 0 Å². The lowest BCUT2D eigenvalue weighted by molar-refractivity contribution is 0.115. The second-order valence-corrected chi connectivity index (χ2v) is 8.00. The first-order valence-corrected chi connectivity index (χ1v) is 10.4. The molecule has 0 bridgehead atoms. The molecule has 1 aromatic rings. The van der Waals surface area contributed by atoms with Crippen LogP contribution in [0.25, 0.3) is 0 Å². The van der Waals surface area contributed by atoms with E-state index in [0.717, 1.165) is 49.7 Å². The van der Waals surface area contributed by atoms with E-state index in [4.69, 9.17) is 9.47 Å². The molecule has 7 heteroatoms. The van der Waals surface area contributed by atoms with E-state index in [-0.39, 0.29) is 24.0 Å². The number of ether oxygens (including phenoxy) is 2. The minimum Gasteiger partial charge on any atom is -0.496 e. The summed E-state index contributed by atoms with van der Waals surface area (Å²) < 4.78 is 11.1. The van der Waals surface area contributed by atoms with Gasteiger partial charge in [0.05, 0.1) is 13.7 Å². The van der Waals surface area contributed by atoms with Crippen molar-refractivity contribution in [2.75, 3.05) is 53.3 Å². The molecule has 1 atom stereocenters. The van der Waals surface area contributed by atoms with Gasteiger partial charge in [0.25, 0.3) is 0 Å². The third-order valence-electron chi connectivity index (χ3n) is 4.40. The Hall–Kier alpha value is -0.670. The Kier molecular flexibility index (Phi) is 12.2. The van der Waals surface area contributed by atoms with E-state index in [2.05, 4.69) is 41.3 Å². The van der Waals surface area contributed by atoms with Crippen LogP contribution in [0.15, 0.2) is 34.2 Å². The summed E-state index contributed by atoms with van der Waals surface area (Å²) in [5, 5.41) is 3.47. The van der Waals surface area contributed by atoms with Gasteiger partial charge in [0.1, 0.15) is 5.75 Å². The number of methoxy groups -OCH3 is 1. The number of nitrogens with one attached hydrogen (secondary N) is 1. The van der Waals surface area contributed by atoms with Crippen molar-refractivity contribution in [2.45, 2.75) is 24.7 Å². The number of hydrogen-bond donors (Lipinski definition) is 1. The lowest BCUT2D eigenvalue weighted by atomic mass is 10.2. The number of para-hydroxylation sites is 1. The van der Waals surface area contributed by atoms with Crippen molar-refractivity contribution < 1.29 is 9.47 Å². The molecule has 1 unspecified atom stereocenters. The lowest BCUT2D eigenvalue weighted by Gasteiger charge is -2.23. The van der Waals surface area contributed by atoms with Gasteiger partial charge in [-0.25, -0.2) is 0 Å². The molecule has 1 aromatic carbocycles. The van der Waals surface area contributed by atoms with Gasteiger partial charge in [0.2, 0.25) is 0 Å². The Labute approximate surface area is 185 Å². The summed E-state index contributed by atoms with van der Waals surface area (Å²) >= 11 is 1.83. The Bertz CT molecular complexity index is 570. The average molecular weight is 507 g/mol. The molecular formula is C20H34IN3O2S. The summed E-state index contributed by atoms with van der Waals surface area (Å²) in [5.74, 6) is 4.23. The van der Waals surface area contributed by atoms with Crippen LogP contribution in [-0.4, -0.2) is 64.1 Å². The van der Waals surface area contributed by atoms with Crippen LogP contribution in [0.1, 0.15) is 19.8 Å². The molecule has 27 heavy (non-hydrogen) atoms. The van der Waals surface area contributed by atoms with Crippen molar-refractivity contribution in [3.05, 3.63) is 24.3 Å². The fourth-order valence-electron chi connectivity index (χ4n) is 2.52. The minimum atomic E-state index is 0. The molecule has 0 spiro atoms. The van der Waals surface area contributed by atoms with Gasteiger partial charge in [-0.1, -0.05) is 19.1 Å². The summed E-state index contributed by atoms with van der Waals surface area (Å²) in [6, 6.07) is 8.17. The molecule has 0 heterocycles. The Morgan fingerprint density at radius 3 is 2.78 bits per heavy atom. The second kappa shape index (κ2) is 13.5. The summed E-state index contributed by atoms with van der Waals surface area (Å²) in [4.78, 5) is 7.70. The van der Waals surface area contributed by atoms with Crippen molar-refractivity contribution in [3.63, 3.8) is 0 Å². The average Bonchev–Trinajstić information content (AvgIpc) is 3.48. The smallest absolute Gasteiger partial charge is 0.193 e. The highest BCUT2D eigenvalue weighted by molar-refractivity contribution is 14.0. The molecule has 2 rings (SSSR count). The van der Waals surface area contributed by atoms with E-state index >= 15 is 0 Å². The van der Waals surface area contributed by atoms with Gasteiger partial charge in [-0.3, -0.25) is 4.99 Å². The number of nitrogens with zero attached hydrogens (tertiary/aromatic N) is 2. The van der Waals surface area contributed by atoms with Crippen LogP contribution in [0, 0.1) is 11.8 Å². The molecule has 0 amide bonds. The Morgan fingerprint density at radius 2 is 2.11 bits per heavy atom. The van der Waals surface area contributed by atoms with Crippen LogP contribution in [0.5, 0.6) is 5.75 Å². The maximum absolute atomic E-state index is 5.72. The molecule has 1 saturated carbocycles. The monoisotopic (exact) mass is 507 g/mol. The number of aliphatic imine (C=N–C) groups is 1. The van der Waals surface area contributed by atoms with Gasteiger partial charge in [0.15, 0.2) is 5.96 Å². The molecule has 1 fully saturated rings. The van der Waals surface area contributed by atoms with E-state index < -0.39 is 0 Å². The van der Waals surface area contributed by atoms with Crippen LogP contribution in [0.3, 0.4) is 0 Å². The fourth-order valence-corrected chi connectivity index (χ4v) is 3.57.